The summed E-state index contributed by atoms with van der Waals surface area (Å²) < 4.78 is 4.61. The Hall–Kier alpha value is -2.70. The molecule has 20 heavy (non-hydrogen) atoms. The number of hydrogen-bond donors (Lipinski definition) is 0. The Bertz CT molecular complexity index is 762. The van der Waals surface area contributed by atoms with Gasteiger partial charge in [-0.25, -0.2) is 14.8 Å². The largest absolute Gasteiger partial charge is 0.465 e. The van der Waals surface area contributed by atoms with Gasteiger partial charge in [0, 0.05) is 0 Å². The van der Waals surface area contributed by atoms with Crippen LogP contribution in [-0.4, -0.2) is 23.0 Å². The minimum absolute atomic E-state index is 0.00332. The maximum atomic E-state index is 11.5. The van der Waals surface area contributed by atoms with Crippen molar-refractivity contribution in [2.45, 2.75) is 5.92 Å². The molecule has 98 valence electrons. The molecule has 0 N–H and O–H groups in total. The molecule has 1 aromatic heterocycles. The molecule has 0 unspecified atom stereocenters. The van der Waals surface area contributed by atoms with E-state index in [1.165, 1.54) is 19.2 Å². The topological polar surface area (TPSA) is 99.7 Å². The highest BCUT2D eigenvalue weighted by atomic mass is 35.5. The first-order chi connectivity index (χ1) is 9.60. The molecule has 0 saturated heterocycles. The molecule has 0 aliphatic heterocycles. The molecule has 0 aliphatic carbocycles. The molecule has 0 bridgehead atoms. The fourth-order valence-corrected chi connectivity index (χ4v) is 1.87. The maximum Gasteiger partial charge on any atom is 0.337 e. The first kappa shape index (κ1) is 13.7. The van der Waals surface area contributed by atoms with Crippen LogP contribution in [-0.2, 0) is 4.74 Å². The second kappa shape index (κ2) is 5.52. The predicted octanol–water partition coefficient (Wildman–Crippen LogP) is 2.20. The highest BCUT2D eigenvalue weighted by Crippen LogP contribution is 2.24. The quantitative estimate of drug-likeness (QED) is 0.785. The van der Waals surface area contributed by atoms with Crippen LogP contribution in [0.25, 0.3) is 11.0 Å². The zero-order valence-corrected chi connectivity index (χ0v) is 11.0. The van der Waals surface area contributed by atoms with Gasteiger partial charge in [0.05, 0.1) is 35.8 Å². The van der Waals surface area contributed by atoms with E-state index in [9.17, 15) is 4.79 Å². The Morgan fingerprint density at radius 1 is 1.30 bits per heavy atom. The Kier molecular flexibility index (Phi) is 3.79. The fourth-order valence-electron chi connectivity index (χ4n) is 1.63. The number of hydrogen-bond acceptors (Lipinski definition) is 6. The number of fused-ring (bicyclic) bond motifs is 1. The smallest absolute Gasteiger partial charge is 0.337 e. The van der Waals surface area contributed by atoms with Crippen molar-refractivity contribution in [3.63, 3.8) is 0 Å². The lowest BCUT2D eigenvalue weighted by atomic mass is 10.1. The van der Waals surface area contributed by atoms with Gasteiger partial charge in [0.2, 0.25) is 0 Å². The number of aromatic nitrogens is 2. The summed E-state index contributed by atoms with van der Waals surface area (Å²) in [7, 11) is 1.27. The summed E-state index contributed by atoms with van der Waals surface area (Å²) in [6.07, 6.45) is 0. The van der Waals surface area contributed by atoms with Crippen molar-refractivity contribution in [2.75, 3.05) is 7.11 Å². The number of halogens is 1. The van der Waals surface area contributed by atoms with Gasteiger partial charge >= 0.3 is 5.97 Å². The lowest BCUT2D eigenvalue weighted by molar-refractivity contribution is 0.0601. The number of nitrogens with zero attached hydrogens (tertiary/aromatic N) is 4. The first-order valence-electron chi connectivity index (χ1n) is 5.45. The van der Waals surface area contributed by atoms with E-state index in [0.29, 0.717) is 16.6 Å². The van der Waals surface area contributed by atoms with Crippen LogP contribution in [0.15, 0.2) is 18.2 Å². The predicted molar refractivity (Wildman–Crippen MR) is 69.9 cm³/mol. The molecular formula is C13H7ClN4O2. The van der Waals surface area contributed by atoms with Crippen LogP contribution >= 0.6 is 11.6 Å². The molecule has 0 fully saturated rings. The van der Waals surface area contributed by atoms with Crippen LogP contribution in [0.5, 0.6) is 0 Å². The molecule has 0 aliphatic rings. The highest BCUT2D eigenvalue weighted by Gasteiger charge is 2.18. The van der Waals surface area contributed by atoms with Crippen molar-refractivity contribution in [2.24, 2.45) is 0 Å². The van der Waals surface area contributed by atoms with Crippen molar-refractivity contribution in [1.82, 2.24) is 9.97 Å². The first-order valence-corrected chi connectivity index (χ1v) is 5.83. The van der Waals surface area contributed by atoms with Crippen LogP contribution < -0.4 is 0 Å². The molecule has 1 heterocycles. The van der Waals surface area contributed by atoms with Gasteiger partial charge in [0.1, 0.15) is 5.69 Å². The van der Waals surface area contributed by atoms with Gasteiger partial charge < -0.3 is 4.74 Å². The van der Waals surface area contributed by atoms with Gasteiger partial charge in [-0.2, -0.15) is 10.5 Å². The van der Waals surface area contributed by atoms with Gasteiger partial charge in [0.15, 0.2) is 11.1 Å². The summed E-state index contributed by atoms with van der Waals surface area (Å²) in [5, 5.41) is 17.8. The molecule has 6 nitrogen and oxygen atoms in total. The average molecular weight is 287 g/mol. The van der Waals surface area contributed by atoms with E-state index in [1.54, 1.807) is 18.2 Å². The standard InChI is InChI=1S/C13H7ClN4O2/c1-20-13(19)7-2-3-9-10(4-7)17-11(12(14)18-9)8(5-15)6-16/h2-4,8H,1H3. The SMILES string of the molecule is COC(=O)c1ccc2nc(Cl)c(C(C#N)C#N)nc2c1. The fraction of sp³-hybridized carbons (Fsp3) is 0.154. The molecule has 1 aromatic carbocycles. The van der Waals surface area contributed by atoms with Crippen molar-refractivity contribution < 1.29 is 9.53 Å². The van der Waals surface area contributed by atoms with E-state index in [0.717, 1.165) is 0 Å². The van der Waals surface area contributed by atoms with E-state index in [4.69, 9.17) is 22.1 Å². The van der Waals surface area contributed by atoms with Crippen molar-refractivity contribution in [3.8, 4) is 12.1 Å². The molecule has 7 heteroatoms. The van der Waals surface area contributed by atoms with Crippen LogP contribution in [0.4, 0.5) is 0 Å². The summed E-state index contributed by atoms with van der Waals surface area (Å²) >= 11 is 5.92. The number of carbonyl (C=O) groups excluding carboxylic acids is 1. The van der Waals surface area contributed by atoms with Gasteiger partial charge in [-0.1, -0.05) is 11.6 Å². The average Bonchev–Trinajstić information content (AvgIpc) is 2.47. The minimum atomic E-state index is -1.11. The Labute approximate surface area is 119 Å². The minimum Gasteiger partial charge on any atom is -0.465 e. The third-order valence-corrected chi connectivity index (χ3v) is 2.88. The molecule has 0 amide bonds. The maximum absolute atomic E-state index is 11.5. The van der Waals surface area contributed by atoms with E-state index in [2.05, 4.69) is 14.7 Å². The van der Waals surface area contributed by atoms with Crippen molar-refractivity contribution >= 4 is 28.6 Å². The zero-order valence-electron chi connectivity index (χ0n) is 10.3. The van der Waals surface area contributed by atoms with Gasteiger partial charge in [0.25, 0.3) is 0 Å². The number of nitriles is 2. The molecule has 0 spiro atoms. The second-order valence-electron chi connectivity index (χ2n) is 3.79. The molecule has 0 saturated carbocycles. The molecular weight excluding hydrogens is 280 g/mol. The molecule has 0 atom stereocenters. The normalized spacial score (nSPS) is 10.1. The summed E-state index contributed by atoms with van der Waals surface area (Å²) in [5.74, 6) is -1.62. The molecule has 2 aromatic rings. The van der Waals surface area contributed by atoms with Gasteiger partial charge in [-0.15, -0.1) is 0 Å². The third kappa shape index (κ3) is 2.37. The summed E-state index contributed by atoms with van der Waals surface area (Å²) in [4.78, 5) is 19.7. The zero-order chi connectivity index (χ0) is 14.7. The van der Waals surface area contributed by atoms with E-state index >= 15 is 0 Å². The van der Waals surface area contributed by atoms with Gasteiger partial charge in [-0.05, 0) is 18.2 Å². The monoisotopic (exact) mass is 286 g/mol. The number of benzene rings is 1. The van der Waals surface area contributed by atoms with Crippen LogP contribution in [0.3, 0.4) is 0 Å². The lowest BCUT2D eigenvalue weighted by Gasteiger charge is -2.06. The van der Waals surface area contributed by atoms with E-state index < -0.39 is 11.9 Å². The molecule has 0 radical (unpaired) electrons. The number of carbonyl (C=O) groups is 1. The van der Waals surface area contributed by atoms with Crippen molar-refractivity contribution in [1.29, 1.82) is 10.5 Å². The van der Waals surface area contributed by atoms with E-state index in [-0.39, 0.29) is 10.8 Å². The Balaban J connectivity index is 2.64. The van der Waals surface area contributed by atoms with Crippen LogP contribution in [0.2, 0.25) is 5.15 Å². The number of methoxy groups -OCH3 is 1. The second-order valence-corrected chi connectivity index (χ2v) is 4.14. The number of esters is 1. The number of rotatable bonds is 2. The highest BCUT2D eigenvalue weighted by molar-refractivity contribution is 6.30. The number of ether oxygens (including phenoxy) is 1. The van der Waals surface area contributed by atoms with Crippen LogP contribution in [0.1, 0.15) is 22.0 Å². The van der Waals surface area contributed by atoms with Crippen LogP contribution in [0, 0.1) is 22.7 Å². The lowest BCUT2D eigenvalue weighted by Crippen LogP contribution is -2.03. The summed E-state index contributed by atoms with van der Waals surface area (Å²) in [6.45, 7) is 0. The Morgan fingerprint density at radius 2 is 2.00 bits per heavy atom. The van der Waals surface area contributed by atoms with Crippen molar-refractivity contribution in [3.05, 3.63) is 34.6 Å². The summed E-state index contributed by atoms with van der Waals surface area (Å²) in [6, 6.07) is 8.14. The molecule has 2 rings (SSSR count). The summed E-state index contributed by atoms with van der Waals surface area (Å²) in [5.41, 5.74) is 1.20. The Morgan fingerprint density at radius 3 is 2.60 bits per heavy atom. The van der Waals surface area contributed by atoms with E-state index in [1.807, 2.05) is 0 Å². The third-order valence-electron chi connectivity index (χ3n) is 2.60. The van der Waals surface area contributed by atoms with Gasteiger partial charge in [-0.3, -0.25) is 0 Å².